The van der Waals surface area contributed by atoms with Gasteiger partial charge in [-0.25, -0.2) is 4.79 Å². The lowest BCUT2D eigenvalue weighted by molar-refractivity contribution is -0.169. The Morgan fingerprint density at radius 2 is 1.68 bits per heavy atom. The van der Waals surface area contributed by atoms with Gasteiger partial charge in [0, 0.05) is 0 Å². The Labute approximate surface area is 108 Å². The van der Waals surface area contributed by atoms with Crippen LogP contribution in [0.25, 0.3) is 0 Å². The molecule has 0 saturated carbocycles. The van der Waals surface area contributed by atoms with Crippen molar-refractivity contribution in [3.8, 4) is 0 Å². The first kappa shape index (κ1) is 14.7. The maximum absolute atomic E-state index is 11.4. The van der Waals surface area contributed by atoms with E-state index < -0.39 is 35.8 Å². The quantitative estimate of drug-likeness (QED) is 0.550. The van der Waals surface area contributed by atoms with Gasteiger partial charge in [-0.05, 0) is 5.56 Å². The van der Waals surface area contributed by atoms with Crippen molar-refractivity contribution in [2.45, 2.75) is 17.9 Å². The van der Waals surface area contributed by atoms with Gasteiger partial charge in [-0.2, -0.15) is 0 Å². The maximum Gasteiger partial charge on any atom is 0.337 e. The summed E-state index contributed by atoms with van der Waals surface area (Å²) in [7, 11) is 0. The molecule has 1 rings (SSSR count). The van der Waals surface area contributed by atoms with Crippen LogP contribution >= 0.6 is 0 Å². The van der Waals surface area contributed by atoms with E-state index >= 15 is 0 Å². The van der Waals surface area contributed by atoms with Crippen LogP contribution in [-0.2, 0) is 14.4 Å². The zero-order valence-corrected chi connectivity index (χ0v) is 9.81. The first-order valence-electron chi connectivity index (χ1n) is 5.31. The number of hydrogen-bond donors (Lipinski definition) is 4. The molecular formula is C12H13NO6. The highest BCUT2D eigenvalue weighted by atomic mass is 16.4. The number of aliphatic hydroxyl groups is 1. The summed E-state index contributed by atoms with van der Waals surface area (Å²) in [5.41, 5.74) is 2.46. The predicted molar refractivity (Wildman–Crippen MR) is 63.2 cm³/mol. The van der Waals surface area contributed by atoms with Crippen molar-refractivity contribution < 1.29 is 29.7 Å². The fraction of sp³-hybridized carbons (Fsp3) is 0.250. The van der Waals surface area contributed by atoms with Gasteiger partial charge >= 0.3 is 11.9 Å². The van der Waals surface area contributed by atoms with E-state index in [1.807, 2.05) is 0 Å². The molecular weight excluding hydrogens is 254 g/mol. The third-order valence-electron chi connectivity index (χ3n) is 2.69. The maximum atomic E-state index is 11.4. The molecule has 0 fully saturated rings. The molecule has 2 unspecified atom stereocenters. The molecule has 7 heteroatoms. The van der Waals surface area contributed by atoms with Gasteiger partial charge in [0.1, 0.15) is 5.92 Å². The Morgan fingerprint density at radius 3 is 2.05 bits per heavy atom. The van der Waals surface area contributed by atoms with Crippen LogP contribution in [0.2, 0.25) is 0 Å². The first-order valence-corrected chi connectivity index (χ1v) is 5.31. The normalized spacial score (nSPS) is 15.2. The minimum atomic E-state index is -2.79. The fourth-order valence-electron chi connectivity index (χ4n) is 1.85. The van der Waals surface area contributed by atoms with Crippen LogP contribution in [-0.4, -0.2) is 38.8 Å². The summed E-state index contributed by atoms with van der Waals surface area (Å²) >= 11 is 0. The Kier molecular flexibility index (Phi) is 4.23. The van der Waals surface area contributed by atoms with Crippen LogP contribution in [0, 0.1) is 0 Å². The van der Waals surface area contributed by atoms with Crippen molar-refractivity contribution in [3.63, 3.8) is 0 Å². The van der Waals surface area contributed by atoms with Gasteiger partial charge in [0.15, 0.2) is 5.60 Å². The Morgan fingerprint density at radius 1 is 1.16 bits per heavy atom. The van der Waals surface area contributed by atoms with Gasteiger partial charge in [0.05, 0.1) is 6.42 Å². The molecule has 1 aromatic carbocycles. The number of carboxylic acid groups (broad SMARTS) is 2. The second-order valence-electron chi connectivity index (χ2n) is 4.05. The van der Waals surface area contributed by atoms with Gasteiger partial charge in [0.2, 0.25) is 5.91 Å². The lowest BCUT2D eigenvalue weighted by atomic mass is 9.79. The fourth-order valence-corrected chi connectivity index (χ4v) is 1.85. The highest BCUT2D eigenvalue weighted by molar-refractivity contribution is 5.94. The van der Waals surface area contributed by atoms with E-state index in [2.05, 4.69) is 0 Å². The smallest absolute Gasteiger partial charge is 0.337 e. The number of aliphatic carboxylic acids is 2. The van der Waals surface area contributed by atoms with E-state index in [1.165, 1.54) is 24.3 Å². The molecule has 0 radical (unpaired) electrons. The van der Waals surface area contributed by atoms with E-state index in [-0.39, 0.29) is 5.56 Å². The van der Waals surface area contributed by atoms with Crippen LogP contribution in [0.4, 0.5) is 0 Å². The number of carbonyl (C=O) groups is 3. The summed E-state index contributed by atoms with van der Waals surface area (Å²) in [6, 6.07) is 7.46. The highest BCUT2D eigenvalue weighted by Gasteiger charge is 2.49. The molecule has 0 aliphatic rings. The SMILES string of the molecule is NC(=O)C(c1ccccc1)C(O)(CC(=O)O)C(=O)O. The highest BCUT2D eigenvalue weighted by Crippen LogP contribution is 2.31. The predicted octanol–water partition coefficient (Wildman–Crippen LogP) is -0.454. The van der Waals surface area contributed by atoms with Gasteiger partial charge in [-0.15, -0.1) is 0 Å². The molecule has 7 nitrogen and oxygen atoms in total. The second kappa shape index (κ2) is 5.49. The third kappa shape index (κ3) is 3.08. The topological polar surface area (TPSA) is 138 Å². The van der Waals surface area contributed by atoms with E-state index in [0.717, 1.165) is 0 Å². The molecule has 102 valence electrons. The minimum absolute atomic E-state index is 0.140. The number of benzene rings is 1. The molecule has 0 aromatic heterocycles. The van der Waals surface area contributed by atoms with Crippen LogP contribution < -0.4 is 5.73 Å². The van der Waals surface area contributed by atoms with Gasteiger partial charge in [0.25, 0.3) is 0 Å². The van der Waals surface area contributed by atoms with Crippen molar-refractivity contribution in [1.29, 1.82) is 0 Å². The first-order chi connectivity index (χ1) is 8.79. The van der Waals surface area contributed by atoms with Crippen LogP contribution in [0.1, 0.15) is 17.9 Å². The standard InChI is InChI=1S/C12H13NO6/c13-10(16)9(7-4-2-1-3-5-7)12(19,11(17)18)6-8(14)15/h1-5,9,19H,6H2,(H2,13,16)(H,14,15)(H,17,18). The molecule has 0 aliphatic carbocycles. The average molecular weight is 267 g/mol. The molecule has 2 atom stereocenters. The second-order valence-corrected chi connectivity index (χ2v) is 4.05. The van der Waals surface area contributed by atoms with Crippen LogP contribution in [0.5, 0.6) is 0 Å². The van der Waals surface area contributed by atoms with Crippen molar-refractivity contribution >= 4 is 17.8 Å². The minimum Gasteiger partial charge on any atom is -0.481 e. The zero-order chi connectivity index (χ0) is 14.6. The summed E-state index contributed by atoms with van der Waals surface area (Å²) in [6.45, 7) is 0. The van der Waals surface area contributed by atoms with E-state index in [4.69, 9.17) is 15.9 Å². The number of amides is 1. The average Bonchev–Trinajstić information content (AvgIpc) is 2.28. The van der Waals surface area contributed by atoms with Crippen LogP contribution in [0.15, 0.2) is 30.3 Å². The van der Waals surface area contributed by atoms with Crippen molar-refractivity contribution in [2.75, 3.05) is 0 Å². The van der Waals surface area contributed by atoms with E-state index in [9.17, 15) is 19.5 Å². The molecule has 0 heterocycles. The van der Waals surface area contributed by atoms with E-state index in [0.29, 0.717) is 0 Å². The molecule has 5 N–H and O–H groups in total. The molecule has 0 aliphatic heterocycles. The van der Waals surface area contributed by atoms with Crippen molar-refractivity contribution in [2.24, 2.45) is 5.73 Å². The zero-order valence-electron chi connectivity index (χ0n) is 9.81. The number of carbonyl (C=O) groups excluding carboxylic acids is 1. The van der Waals surface area contributed by atoms with Crippen LogP contribution in [0.3, 0.4) is 0 Å². The molecule has 0 bridgehead atoms. The molecule has 1 amide bonds. The number of rotatable bonds is 6. The van der Waals surface area contributed by atoms with Crippen molar-refractivity contribution in [1.82, 2.24) is 0 Å². The molecule has 0 spiro atoms. The van der Waals surface area contributed by atoms with Crippen molar-refractivity contribution in [3.05, 3.63) is 35.9 Å². The summed E-state index contributed by atoms with van der Waals surface area (Å²) < 4.78 is 0. The molecule has 1 aromatic rings. The number of carboxylic acids is 2. The Balaban J connectivity index is 3.33. The summed E-state index contributed by atoms with van der Waals surface area (Å²) in [4.78, 5) is 33.3. The molecule has 0 saturated heterocycles. The summed E-state index contributed by atoms with van der Waals surface area (Å²) in [6.07, 6.45) is -1.13. The largest absolute Gasteiger partial charge is 0.481 e. The number of nitrogens with two attached hydrogens (primary N) is 1. The van der Waals surface area contributed by atoms with Gasteiger partial charge in [-0.1, -0.05) is 30.3 Å². The summed E-state index contributed by atoms with van der Waals surface area (Å²) in [5.74, 6) is -6.13. The lowest BCUT2D eigenvalue weighted by Crippen LogP contribution is -2.51. The Hall–Kier alpha value is -2.41. The Bertz CT molecular complexity index is 500. The van der Waals surface area contributed by atoms with Gasteiger partial charge in [-0.3, -0.25) is 9.59 Å². The van der Waals surface area contributed by atoms with Gasteiger partial charge < -0.3 is 21.1 Å². The number of hydrogen-bond acceptors (Lipinski definition) is 4. The third-order valence-corrected chi connectivity index (χ3v) is 2.69. The monoisotopic (exact) mass is 267 g/mol. The van der Waals surface area contributed by atoms with E-state index in [1.54, 1.807) is 6.07 Å². The lowest BCUT2D eigenvalue weighted by Gasteiger charge is -2.29. The summed E-state index contributed by atoms with van der Waals surface area (Å²) in [5, 5.41) is 27.8. The molecule has 19 heavy (non-hydrogen) atoms. The number of primary amides is 1.